The van der Waals surface area contributed by atoms with E-state index in [2.05, 4.69) is 4.74 Å². The normalized spacial score (nSPS) is 18.0. The van der Waals surface area contributed by atoms with Gasteiger partial charge in [-0.1, -0.05) is 0 Å². The van der Waals surface area contributed by atoms with Crippen LogP contribution < -0.4 is 10.5 Å². The molecule has 1 aromatic carbocycles. The van der Waals surface area contributed by atoms with Crippen molar-refractivity contribution in [2.75, 3.05) is 19.7 Å². The van der Waals surface area contributed by atoms with Crippen LogP contribution >= 0.6 is 0 Å². The average Bonchev–Trinajstić information content (AvgIpc) is 2.57. The lowest BCUT2D eigenvalue weighted by Gasteiger charge is -2.32. The quantitative estimate of drug-likeness (QED) is 0.850. The van der Waals surface area contributed by atoms with Crippen LogP contribution in [0.25, 0.3) is 0 Å². The Labute approximate surface area is 143 Å². The third kappa shape index (κ3) is 6.28. The summed E-state index contributed by atoms with van der Waals surface area (Å²) >= 11 is 0. The Hall–Kier alpha value is -2.25. The molecule has 5 nitrogen and oxygen atoms in total. The van der Waals surface area contributed by atoms with Gasteiger partial charge in [0.05, 0.1) is 0 Å². The minimum absolute atomic E-state index is 0.0619. The second-order valence-electron chi connectivity index (χ2n) is 6.19. The van der Waals surface area contributed by atoms with Crippen molar-refractivity contribution in [1.29, 1.82) is 0 Å². The number of primary amides is 1. The summed E-state index contributed by atoms with van der Waals surface area (Å²) < 4.78 is 41.0. The number of ether oxygens (including phenoxy) is 1. The molecule has 1 aliphatic rings. The van der Waals surface area contributed by atoms with Crippen LogP contribution in [-0.2, 0) is 4.79 Å². The second-order valence-corrected chi connectivity index (χ2v) is 6.19. The third-order valence-electron chi connectivity index (χ3n) is 4.11. The molecule has 0 bridgehead atoms. The fraction of sp³-hybridized carbons (Fsp3) is 0.529. The van der Waals surface area contributed by atoms with Gasteiger partial charge in [-0.05, 0) is 49.4 Å². The number of hydrogen-bond acceptors (Lipinski definition) is 3. The molecule has 0 aliphatic carbocycles. The number of carbonyl (C=O) groups excluding carboxylic acids is 2. The molecule has 1 aromatic rings. The average molecular weight is 358 g/mol. The molecule has 1 aliphatic heterocycles. The molecule has 1 saturated heterocycles. The van der Waals surface area contributed by atoms with Gasteiger partial charge in [-0.25, -0.2) is 0 Å². The van der Waals surface area contributed by atoms with Crippen molar-refractivity contribution in [2.24, 2.45) is 11.7 Å². The van der Waals surface area contributed by atoms with E-state index >= 15 is 0 Å². The molecule has 8 heteroatoms. The molecule has 2 amide bonds. The van der Waals surface area contributed by atoms with Crippen LogP contribution in [0.2, 0.25) is 0 Å². The van der Waals surface area contributed by atoms with Gasteiger partial charge in [-0.15, -0.1) is 0 Å². The maximum Gasteiger partial charge on any atom is 0.422 e. The predicted octanol–water partition coefficient (Wildman–Crippen LogP) is 2.75. The number of amides is 2. The molecular formula is C17H21F3N2O3. The Morgan fingerprint density at radius 3 is 2.52 bits per heavy atom. The van der Waals surface area contributed by atoms with E-state index in [0.29, 0.717) is 31.5 Å². The smallest absolute Gasteiger partial charge is 0.422 e. The van der Waals surface area contributed by atoms with Gasteiger partial charge in [0.25, 0.3) is 5.91 Å². The van der Waals surface area contributed by atoms with Crippen LogP contribution in [-0.4, -0.2) is 42.6 Å². The molecule has 1 heterocycles. The van der Waals surface area contributed by atoms with E-state index < -0.39 is 12.8 Å². The monoisotopic (exact) mass is 358 g/mol. The molecule has 1 unspecified atom stereocenters. The van der Waals surface area contributed by atoms with Crippen molar-refractivity contribution in [3.8, 4) is 5.75 Å². The van der Waals surface area contributed by atoms with Crippen molar-refractivity contribution >= 4 is 11.8 Å². The van der Waals surface area contributed by atoms with E-state index in [-0.39, 0.29) is 23.5 Å². The Kier molecular flexibility index (Phi) is 6.27. The molecule has 2 N–H and O–H groups in total. The maximum absolute atomic E-state index is 12.5. The summed E-state index contributed by atoms with van der Waals surface area (Å²) in [6.45, 7) is -0.190. The fourth-order valence-corrected chi connectivity index (χ4v) is 2.87. The van der Waals surface area contributed by atoms with E-state index in [0.717, 1.165) is 12.8 Å². The summed E-state index contributed by atoms with van der Waals surface area (Å²) in [5.74, 6) is -0.226. The van der Waals surface area contributed by atoms with Crippen LogP contribution in [0, 0.1) is 5.92 Å². The highest BCUT2D eigenvalue weighted by Gasteiger charge is 2.28. The van der Waals surface area contributed by atoms with Gasteiger partial charge in [-0.3, -0.25) is 9.59 Å². The van der Waals surface area contributed by atoms with Crippen molar-refractivity contribution in [3.63, 3.8) is 0 Å². The lowest BCUT2D eigenvalue weighted by Crippen LogP contribution is -2.40. The van der Waals surface area contributed by atoms with Crippen LogP contribution in [0.5, 0.6) is 5.75 Å². The van der Waals surface area contributed by atoms with Crippen LogP contribution in [0.4, 0.5) is 13.2 Å². The van der Waals surface area contributed by atoms with Crippen LogP contribution in [0.3, 0.4) is 0 Å². The first-order valence-electron chi connectivity index (χ1n) is 8.12. The molecule has 0 saturated carbocycles. The third-order valence-corrected chi connectivity index (χ3v) is 4.11. The topological polar surface area (TPSA) is 72.6 Å². The molecule has 0 spiro atoms. The van der Waals surface area contributed by atoms with Gasteiger partial charge in [0.2, 0.25) is 5.91 Å². The Bertz CT molecular complexity index is 602. The molecular weight excluding hydrogens is 337 g/mol. The lowest BCUT2D eigenvalue weighted by molar-refractivity contribution is -0.153. The summed E-state index contributed by atoms with van der Waals surface area (Å²) in [6.07, 6.45) is -1.65. The summed E-state index contributed by atoms with van der Waals surface area (Å²) in [4.78, 5) is 25.1. The lowest BCUT2D eigenvalue weighted by atomic mass is 9.93. The zero-order valence-electron chi connectivity index (χ0n) is 13.7. The van der Waals surface area contributed by atoms with Gasteiger partial charge in [0.1, 0.15) is 5.75 Å². The van der Waals surface area contributed by atoms with Crippen LogP contribution in [0.15, 0.2) is 24.3 Å². The molecule has 1 fully saturated rings. The Morgan fingerprint density at radius 1 is 1.24 bits per heavy atom. The van der Waals surface area contributed by atoms with Gasteiger partial charge in [0.15, 0.2) is 6.61 Å². The van der Waals surface area contributed by atoms with E-state index in [4.69, 9.17) is 5.73 Å². The number of hydrogen-bond donors (Lipinski definition) is 1. The molecule has 0 radical (unpaired) electrons. The fourth-order valence-electron chi connectivity index (χ4n) is 2.87. The Morgan fingerprint density at radius 2 is 1.92 bits per heavy atom. The second kappa shape index (κ2) is 8.22. The van der Waals surface area contributed by atoms with Crippen molar-refractivity contribution in [3.05, 3.63) is 29.8 Å². The summed E-state index contributed by atoms with van der Waals surface area (Å²) in [7, 11) is 0. The number of nitrogens with two attached hydrogens (primary N) is 1. The van der Waals surface area contributed by atoms with E-state index in [9.17, 15) is 22.8 Å². The van der Waals surface area contributed by atoms with Crippen molar-refractivity contribution in [1.82, 2.24) is 4.90 Å². The zero-order valence-corrected chi connectivity index (χ0v) is 13.7. The van der Waals surface area contributed by atoms with E-state index in [1.54, 1.807) is 4.90 Å². The standard InChI is InChI=1S/C17H21F3N2O3/c18-17(19,20)11-25-14-6-4-13(5-7-14)16(24)22-9-1-2-12(10-22)3-8-15(21)23/h4-7,12H,1-3,8-11H2,(H2,21,23). The van der Waals surface area contributed by atoms with Gasteiger partial charge in [0, 0.05) is 25.1 Å². The van der Waals surface area contributed by atoms with Crippen molar-refractivity contribution in [2.45, 2.75) is 31.9 Å². The zero-order chi connectivity index (χ0) is 18.4. The van der Waals surface area contributed by atoms with Gasteiger partial charge in [-0.2, -0.15) is 13.2 Å². The molecule has 138 valence electrons. The number of benzene rings is 1. The number of likely N-dealkylation sites (tertiary alicyclic amines) is 1. The van der Waals surface area contributed by atoms with Crippen molar-refractivity contribution < 1.29 is 27.5 Å². The first kappa shape index (κ1) is 19.1. The molecule has 25 heavy (non-hydrogen) atoms. The molecule has 1 atom stereocenters. The summed E-state index contributed by atoms with van der Waals surface area (Å²) in [6, 6.07) is 5.63. The van der Waals surface area contributed by atoms with E-state index in [1.807, 2.05) is 0 Å². The predicted molar refractivity (Wildman–Crippen MR) is 85.0 cm³/mol. The van der Waals surface area contributed by atoms with E-state index in [1.165, 1.54) is 24.3 Å². The SMILES string of the molecule is NC(=O)CCC1CCCN(C(=O)c2ccc(OCC(F)(F)F)cc2)C1. The highest BCUT2D eigenvalue weighted by atomic mass is 19.4. The molecule has 2 rings (SSSR count). The number of alkyl halides is 3. The number of carbonyl (C=O) groups is 2. The minimum Gasteiger partial charge on any atom is -0.484 e. The first-order chi connectivity index (χ1) is 11.7. The number of halogens is 3. The molecule has 0 aromatic heterocycles. The van der Waals surface area contributed by atoms with Gasteiger partial charge >= 0.3 is 6.18 Å². The van der Waals surface area contributed by atoms with Gasteiger partial charge < -0.3 is 15.4 Å². The maximum atomic E-state index is 12.5. The largest absolute Gasteiger partial charge is 0.484 e. The highest BCUT2D eigenvalue weighted by molar-refractivity contribution is 5.94. The van der Waals surface area contributed by atoms with Crippen LogP contribution in [0.1, 0.15) is 36.0 Å². The Balaban J connectivity index is 1.92. The summed E-state index contributed by atoms with van der Waals surface area (Å²) in [5, 5.41) is 0. The number of nitrogens with zero attached hydrogens (tertiary/aromatic N) is 1. The minimum atomic E-state index is -4.40. The highest BCUT2D eigenvalue weighted by Crippen LogP contribution is 2.23. The number of rotatable bonds is 6. The summed E-state index contributed by atoms with van der Waals surface area (Å²) in [5.41, 5.74) is 5.56. The first-order valence-corrected chi connectivity index (χ1v) is 8.12. The number of piperidine rings is 1.